The predicted octanol–water partition coefficient (Wildman–Crippen LogP) is 4.33. The van der Waals surface area contributed by atoms with Crippen LogP contribution in [0.1, 0.15) is 39.5 Å². The molecule has 1 amide bonds. The number of carbonyl (C=O) groups is 1. The van der Waals surface area contributed by atoms with Gasteiger partial charge in [-0.2, -0.15) is 0 Å². The monoisotopic (exact) mass is 445 g/mol. The van der Waals surface area contributed by atoms with E-state index < -0.39 is 0 Å². The van der Waals surface area contributed by atoms with Gasteiger partial charge in [-0.3, -0.25) is 9.69 Å². The highest BCUT2D eigenvalue weighted by molar-refractivity contribution is 5.94. The van der Waals surface area contributed by atoms with Crippen molar-refractivity contribution in [1.82, 2.24) is 15.5 Å². The molecule has 33 heavy (non-hydrogen) atoms. The molecule has 1 aliphatic heterocycles. The summed E-state index contributed by atoms with van der Waals surface area (Å²) < 4.78 is 13.4. The highest BCUT2D eigenvalue weighted by atomic mass is 19.1. The minimum absolute atomic E-state index is 0.0324. The van der Waals surface area contributed by atoms with Crippen molar-refractivity contribution in [2.24, 2.45) is 0 Å². The molecule has 4 nitrogen and oxygen atoms in total. The van der Waals surface area contributed by atoms with Crippen molar-refractivity contribution in [3.63, 3.8) is 0 Å². The Hall–Kier alpha value is -3.02. The first-order valence-corrected chi connectivity index (χ1v) is 11.8. The molecule has 1 heterocycles. The molecule has 0 aliphatic carbocycles. The summed E-state index contributed by atoms with van der Waals surface area (Å²) in [4.78, 5) is 14.6. The zero-order valence-corrected chi connectivity index (χ0v) is 19.2. The average molecular weight is 446 g/mol. The lowest BCUT2D eigenvalue weighted by atomic mass is 9.90. The first kappa shape index (κ1) is 23.1. The van der Waals surface area contributed by atoms with Crippen LogP contribution in [0.3, 0.4) is 0 Å². The van der Waals surface area contributed by atoms with E-state index in [1.54, 1.807) is 12.1 Å². The molecule has 5 heteroatoms. The molecular formula is C28H32FN3O. The topological polar surface area (TPSA) is 44.4 Å². The van der Waals surface area contributed by atoms with Crippen LogP contribution in [-0.4, -0.2) is 36.5 Å². The minimum atomic E-state index is -0.190. The van der Waals surface area contributed by atoms with E-state index in [4.69, 9.17) is 0 Å². The molecule has 0 bridgehead atoms. The van der Waals surface area contributed by atoms with Gasteiger partial charge in [0.05, 0.1) is 0 Å². The number of fused-ring (bicyclic) bond motifs is 1. The van der Waals surface area contributed by atoms with Gasteiger partial charge in [-0.05, 0) is 66.3 Å². The molecule has 0 radical (unpaired) electrons. The number of hydrogen-bond donors (Lipinski definition) is 2. The molecular weight excluding hydrogens is 413 g/mol. The smallest absolute Gasteiger partial charge is 0.251 e. The van der Waals surface area contributed by atoms with Crippen LogP contribution in [0.15, 0.2) is 72.8 Å². The van der Waals surface area contributed by atoms with Crippen molar-refractivity contribution in [1.29, 1.82) is 0 Å². The molecule has 0 spiro atoms. The summed E-state index contributed by atoms with van der Waals surface area (Å²) in [5.74, 6) is -0.222. The van der Waals surface area contributed by atoms with Crippen LogP contribution in [-0.2, 0) is 25.9 Å². The Labute approximate surface area is 195 Å². The number of nitrogens with zero attached hydrogens (tertiary/aromatic N) is 1. The predicted molar refractivity (Wildman–Crippen MR) is 131 cm³/mol. The average Bonchev–Trinajstić information content (AvgIpc) is 2.83. The fourth-order valence-corrected chi connectivity index (χ4v) is 4.54. The third-order valence-corrected chi connectivity index (χ3v) is 6.28. The minimum Gasteiger partial charge on any atom is -0.352 e. The van der Waals surface area contributed by atoms with Gasteiger partial charge in [-0.1, -0.05) is 48.5 Å². The number of nitrogens with one attached hydrogen (secondary N) is 2. The molecule has 0 fully saturated rings. The van der Waals surface area contributed by atoms with Gasteiger partial charge in [0.15, 0.2) is 0 Å². The molecule has 3 aromatic rings. The maximum atomic E-state index is 13.4. The number of carbonyl (C=O) groups excluding carboxylic acids is 1. The summed E-state index contributed by atoms with van der Waals surface area (Å²) in [6, 6.07) is 23.7. The van der Waals surface area contributed by atoms with Gasteiger partial charge in [0.2, 0.25) is 0 Å². The molecule has 1 aliphatic rings. The fourth-order valence-electron chi connectivity index (χ4n) is 4.54. The number of rotatable bonds is 9. The summed E-state index contributed by atoms with van der Waals surface area (Å²) in [7, 11) is 0. The second-order valence-corrected chi connectivity index (χ2v) is 8.66. The maximum Gasteiger partial charge on any atom is 0.251 e. The number of halogens is 1. The van der Waals surface area contributed by atoms with Gasteiger partial charge in [0.25, 0.3) is 5.91 Å². The van der Waals surface area contributed by atoms with E-state index in [0.29, 0.717) is 18.2 Å². The highest BCUT2D eigenvalue weighted by Crippen LogP contribution is 2.25. The quantitative estimate of drug-likeness (QED) is 0.482. The lowest BCUT2D eigenvalue weighted by Crippen LogP contribution is -2.44. The van der Waals surface area contributed by atoms with Crippen LogP contribution in [0.2, 0.25) is 0 Å². The molecule has 1 atom stereocenters. The molecule has 2 N–H and O–H groups in total. The Balaban J connectivity index is 1.36. The van der Waals surface area contributed by atoms with E-state index in [9.17, 15) is 9.18 Å². The normalized spacial score (nSPS) is 15.8. The van der Waals surface area contributed by atoms with E-state index in [2.05, 4.69) is 39.8 Å². The Bertz CT molecular complexity index is 1070. The zero-order chi connectivity index (χ0) is 23.0. The fraction of sp³-hybridized carbons (Fsp3) is 0.321. The van der Waals surface area contributed by atoms with Gasteiger partial charge in [0, 0.05) is 44.3 Å². The summed E-state index contributed by atoms with van der Waals surface area (Å²) in [5, 5.41) is 6.39. The van der Waals surface area contributed by atoms with Crippen molar-refractivity contribution in [3.05, 3.63) is 106 Å². The van der Waals surface area contributed by atoms with E-state index >= 15 is 0 Å². The van der Waals surface area contributed by atoms with E-state index in [-0.39, 0.29) is 11.7 Å². The standard InChI is InChI=1S/C28H32FN3O/c1-2-31-28(33)24-9-5-6-22(16-24)19-30-14-15-32-20-25-8-4-3-7-23(25)18-27(32)17-21-10-12-26(29)13-11-21/h3-13,16,27,30H,2,14-15,17-20H2,1H3,(H,31,33). The van der Waals surface area contributed by atoms with Crippen LogP contribution >= 0.6 is 0 Å². The van der Waals surface area contributed by atoms with E-state index in [1.807, 2.05) is 43.3 Å². The Morgan fingerprint density at radius 3 is 2.58 bits per heavy atom. The van der Waals surface area contributed by atoms with Crippen LogP contribution in [0.4, 0.5) is 4.39 Å². The van der Waals surface area contributed by atoms with Gasteiger partial charge in [-0.15, -0.1) is 0 Å². The Kier molecular flexibility index (Phi) is 7.87. The van der Waals surface area contributed by atoms with Crippen molar-refractivity contribution >= 4 is 5.91 Å². The SMILES string of the molecule is CCNC(=O)c1cccc(CNCCN2Cc3ccccc3CC2Cc2ccc(F)cc2)c1. The summed E-state index contributed by atoms with van der Waals surface area (Å²) in [6.45, 7) is 5.98. The summed E-state index contributed by atoms with van der Waals surface area (Å²) in [6.07, 6.45) is 1.91. The Morgan fingerprint density at radius 1 is 1.00 bits per heavy atom. The second-order valence-electron chi connectivity index (χ2n) is 8.66. The lowest BCUT2D eigenvalue weighted by molar-refractivity contribution is 0.0955. The molecule has 0 saturated carbocycles. The van der Waals surface area contributed by atoms with E-state index in [1.165, 1.54) is 16.7 Å². The van der Waals surface area contributed by atoms with Crippen LogP contribution < -0.4 is 10.6 Å². The molecule has 172 valence electrons. The molecule has 0 saturated heterocycles. The van der Waals surface area contributed by atoms with Crippen LogP contribution in [0, 0.1) is 5.82 Å². The first-order valence-electron chi connectivity index (χ1n) is 11.8. The van der Waals surface area contributed by atoms with Crippen molar-refractivity contribution < 1.29 is 9.18 Å². The van der Waals surface area contributed by atoms with Crippen LogP contribution in [0.25, 0.3) is 0 Å². The third kappa shape index (κ3) is 6.28. The summed E-state index contributed by atoms with van der Waals surface area (Å²) >= 11 is 0. The molecule has 3 aromatic carbocycles. The van der Waals surface area contributed by atoms with E-state index in [0.717, 1.165) is 44.6 Å². The van der Waals surface area contributed by atoms with Gasteiger partial charge < -0.3 is 10.6 Å². The molecule has 1 unspecified atom stereocenters. The number of benzene rings is 3. The van der Waals surface area contributed by atoms with Crippen molar-refractivity contribution in [2.45, 2.75) is 38.9 Å². The second kappa shape index (κ2) is 11.2. The Morgan fingerprint density at radius 2 is 1.79 bits per heavy atom. The van der Waals surface area contributed by atoms with Crippen molar-refractivity contribution in [3.8, 4) is 0 Å². The molecule has 4 rings (SSSR count). The third-order valence-electron chi connectivity index (χ3n) is 6.28. The van der Waals surface area contributed by atoms with Crippen molar-refractivity contribution in [2.75, 3.05) is 19.6 Å². The summed E-state index contributed by atoms with van der Waals surface area (Å²) in [5.41, 5.74) is 5.77. The maximum absolute atomic E-state index is 13.4. The number of amides is 1. The van der Waals surface area contributed by atoms with Gasteiger partial charge >= 0.3 is 0 Å². The largest absolute Gasteiger partial charge is 0.352 e. The number of hydrogen-bond acceptors (Lipinski definition) is 3. The van der Waals surface area contributed by atoms with Gasteiger partial charge in [-0.25, -0.2) is 4.39 Å². The first-order chi connectivity index (χ1) is 16.1. The van der Waals surface area contributed by atoms with Gasteiger partial charge in [0.1, 0.15) is 5.82 Å². The van der Waals surface area contributed by atoms with Crippen LogP contribution in [0.5, 0.6) is 0 Å². The zero-order valence-electron chi connectivity index (χ0n) is 19.2. The lowest BCUT2D eigenvalue weighted by Gasteiger charge is -2.37. The molecule has 0 aromatic heterocycles. The highest BCUT2D eigenvalue weighted by Gasteiger charge is 2.25.